The molecule has 0 saturated carbocycles. The normalized spacial score (nSPS) is 10.4. The van der Waals surface area contributed by atoms with Gasteiger partial charge >= 0.3 is 34.7 Å². The minimum atomic E-state index is -4.67. The molecule has 2 radical (unpaired) electrons. The van der Waals surface area contributed by atoms with Crippen molar-refractivity contribution in [2.24, 2.45) is 0 Å². The molecule has 0 aliphatic carbocycles. The summed E-state index contributed by atoms with van der Waals surface area (Å²) in [6.07, 6.45) is 0. The molecule has 17 heteroatoms. The molecule has 0 atom stereocenters. The molecule has 0 aromatic carbocycles. The minimum Gasteiger partial charge on any atom is -0.799 e. The molecule has 0 heterocycles. The van der Waals surface area contributed by atoms with E-state index in [0.717, 1.165) is 0 Å². The Labute approximate surface area is 132 Å². The maximum atomic E-state index is 8.87. The molecular weight excluding hydrogens is 447 g/mol. The summed E-state index contributed by atoms with van der Waals surface area (Å²) < 4.78 is 26.6. The van der Waals surface area contributed by atoms with Crippen LogP contribution in [0.25, 0.3) is 0 Å². The summed E-state index contributed by atoms with van der Waals surface area (Å²) in [5, 5.41) is 0. The van der Waals surface area contributed by atoms with Crippen LogP contribution in [0, 0.1) is 0 Å². The predicted molar refractivity (Wildman–Crippen MR) is 40.4 cm³/mol. The summed E-state index contributed by atoms with van der Waals surface area (Å²) in [5.41, 5.74) is 0. The molecule has 0 aliphatic rings. The molecule has 0 saturated heterocycles. The Morgan fingerprint density at radius 3 is 0.529 bits per heavy atom. The van der Waals surface area contributed by atoms with Gasteiger partial charge in [-0.3, -0.25) is 0 Å². The van der Waals surface area contributed by atoms with Gasteiger partial charge in [0, 0.05) is 20.8 Å². The van der Waals surface area contributed by atoms with Gasteiger partial charge in [0.1, 0.15) is 0 Å². The molecule has 0 unspecified atom stereocenters. The fraction of sp³-hybridized carbons (Fsp3) is 0. The van der Waals surface area contributed by atoms with E-state index in [4.69, 9.17) is 43.1 Å². The summed E-state index contributed by atoms with van der Waals surface area (Å²) in [6, 6.07) is 0. The molecule has 17 heavy (non-hydrogen) atoms. The van der Waals surface area contributed by atoms with Crippen molar-refractivity contribution in [3.8, 4) is 0 Å². The standard InChI is InChI=1S/3ClH2O3P.2Cr/c3*1-5(2,3)4;;/h3*(H2,2,3,4);;/q;;;2*+3/p-6. The zero-order valence-corrected chi connectivity index (χ0v) is 14.5. The summed E-state index contributed by atoms with van der Waals surface area (Å²) >= 11 is 11.9. The van der Waals surface area contributed by atoms with E-state index >= 15 is 0 Å². The van der Waals surface area contributed by atoms with Crippen molar-refractivity contribution in [3.63, 3.8) is 0 Å². The van der Waals surface area contributed by atoms with Crippen molar-refractivity contribution in [2.45, 2.75) is 0 Å². The summed E-state index contributed by atoms with van der Waals surface area (Å²) in [7, 11) is 0. The minimum absolute atomic E-state index is 0. The maximum absolute atomic E-state index is 8.87. The average molecular weight is 447 g/mol. The zero-order chi connectivity index (χ0) is 13.5. The molecule has 0 rings (SSSR count). The van der Waals surface area contributed by atoms with Gasteiger partial charge < -0.3 is 43.1 Å². The second-order valence-corrected chi connectivity index (χ2v) is 7.60. The molecule has 0 aliphatic heterocycles. The number of hydrogen-bond donors (Lipinski definition) is 0. The Morgan fingerprint density at radius 1 is 0.529 bits per heavy atom. The Bertz CT molecular complexity index is 216. The first-order chi connectivity index (χ1) is 6.00. The average Bonchev–Trinajstić information content (AvgIpc) is 1.41. The molecule has 0 aromatic rings. The van der Waals surface area contributed by atoms with Crippen LogP contribution in [0.5, 0.6) is 0 Å². The van der Waals surface area contributed by atoms with Crippen molar-refractivity contribution >= 4 is 54.6 Å². The van der Waals surface area contributed by atoms with E-state index in [1.54, 1.807) is 0 Å². The zero-order valence-electron chi connectivity index (χ0n) is 6.97. The van der Waals surface area contributed by atoms with Crippen LogP contribution < -0.4 is 29.4 Å². The van der Waals surface area contributed by atoms with Crippen molar-refractivity contribution in [1.82, 2.24) is 0 Å². The Balaban J connectivity index is -0.0000000400. The fourth-order valence-corrected chi connectivity index (χ4v) is 0. The second-order valence-electron chi connectivity index (χ2n) is 1.29. The van der Waals surface area contributed by atoms with Crippen LogP contribution in [0.1, 0.15) is 0 Å². The van der Waals surface area contributed by atoms with Crippen LogP contribution >= 0.6 is 54.6 Å². The third-order valence-corrected chi connectivity index (χ3v) is 0. The van der Waals surface area contributed by atoms with Gasteiger partial charge in [0.25, 0.3) is 0 Å². The third-order valence-electron chi connectivity index (χ3n) is 0. The van der Waals surface area contributed by atoms with Gasteiger partial charge in [0.05, 0.1) is 0 Å². The van der Waals surface area contributed by atoms with Gasteiger partial charge in [-0.1, -0.05) is 33.7 Å². The number of hydrogen-bond acceptors (Lipinski definition) is 9. The first-order valence-electron chi connectivity index (χ1n) is 2.15. The third kappa shape index (κ3) is 868. The molecule has 0 fully saturated rings. The maximum Gasteiger partial charge on any atom is 3.00 e. The van der Waals surface area contributed by atoms with E-state index in [1.807, 2.05) is 0 Å². The Hall–Kier alpha value is 2.38. The van der Waals surface area contributed by atoms with Gasteiger partial charge in [0.15, 0.2) is 0 Å². The van der Waals surface area contributed by atoms with E-state index in [2.05, 4.69) is 33.7 Å². The van der Waals surface area contributed by atoms with Gasteiger partial charge in [-0.05, 0) is 0 Å². The molecule has 9 nitrogen and oxygen atoms in total. The van der Waals surface area contributed by atoms with Gasteiger partial charge in [-0.25, -0.2) is 0 Å². The second kappa shape index (κ2) is 13.4. The summed E-state index contributed by atoms with van der Waals surface area (Å²) in [4.78, 5) is 53.2. The molecule has 0 N–H and O–H groups in total. The van der Waals surface area contributed by atoms with Crippen LogP contribution in [-0.2, 0) is 48.4 Å². The molecule has 0 amide bonds. The van der Waals surface area contributed by atoms with Gasteiger partial charge in [-0.15, -0.1) is 0 Å². The summed E-state index contributed by atoms with van der Waals surface area (Å²) in [5.74, 6) is 0. The number of halogens is 3. The first-order valence-corrected chi connectivity index (χ1v) is 9.49. The van der Waals surface area contributed by atoms with Gasteiger partial charge in [0.2, 0.25) is 0 Å². The van der Waals surface area contributed by atoms with Gasteiger partial charge in [-0.2, -0.15) is 0 Å². The predicted octanol–water partition coefficient (Wildman–Crippen LogP) is -2.84. The SMILES string of the molecule is O=P([O-])([O-])Cl.O=P([O-])([O-])Cl.O=P([O-])([O-])Cl.[Cr+3].[Cr+3]. The quantitative estimate of drug-likeness (QED) is 0.352. The van der Waals surface area contributed by atoms with Crippen LogP contribution in [0.3, 0.4) is 0 Å². The number of rotatable bonds is 0. The van der Waals surface area contributed by atoms with E-state index in [-0.39, 0.29) is 34.7 Å². The van der Waals surface area contributed by atoms with Crippen molar-refractivity contribution in [2.75, 3.05) is 0 Å². The Kier molecular flexibility index (Phi) is 24.9. The van der Waals surface area contributed by atoms with E-state index < -0.39 is 20.8 Å². The Morgan fingerprint density at radius 2 is 0.529 bits per heavy atom. The van der Waals surface area contributed by atoms with E-state index in [0.29, 0.717) is 0 Å². The molecular formula is Cl3Cr2O9P3. The fourth-order valence-electron chi connectivity index (χ4n) is 0. The monoisotopic (exact) mass is 446 g/mol. The van der Waals surface area contributed by atoms with Crippen LogP contribution in [0.4, 0.5) is 0 Å². The molecule has 102 valence electrons. The topological polar surface area (TPSA) is 190 Å². The van der Waals surface area contributed by atoms with Crippen molar-refractivity contribution in [3.05, 3.63) is 0 Å². The molecule has 0 spiro atoms. The summed E-state index contributed by atoms with van der Waals surface area (Å²) in [6.45, 7) is -14.0. The largest absolute Gasteiger partial charge is 3.00 e. The van der Waals surface area contributed by atoms with Crippen LogP contribution in [-0.4, -0.2) is 0 Å². The van der Waals surface area contributed by atoms with Crippen molar-refractivity contribution in [1.29, 1.82) is 0 Å². The van der Waals surface area contributed by atoms with Crippen molar-refractivity contribution < 1.29 is 77.8 Å². The van der Waals surface area contributed by atoms with E-state index in [9.17, 15) is 0 Å². The molecule has 0 aromatic heterocycles. The van der Waals surface area contributed by atoms with Crippen LogP contribution in [0.2, 0.25) is 0 Å². The smallest absolute Gasteiger partial charge is 0.799 e. The van der Waals surface area contributed by atoms with Crippen LogP contribution in [0.15, 0.2) is 0 Å². The first kappa shape index (κ1) is 31.7. The van der Waals surface area contributed by atoms with E-state index in [1.165, 1.54) is 0 Å². The molecule has 0 bridgehead atoms.